The van der Waals surface area contributed by atoms with Crippen LogP contribution in [-0.4, -0.2) is 50.1 Å². The van der Waals surface area contributed by atoms with Crippen molar-refractivity contribution in [2.75, 3.05) is 26.2 Å². The number of hydrogen-bond donors (Lipinski definition) is 0. The molecule has 118 valence electrons. The highest BCUT2D eigenvalue weighted by atomic mass is 28.3. The fourth-order valence-electron chi connectivity index (χ4n) is 3.36. The van der Waals surface area contributed by atoms with E-state index in [2.05, 4.69) is 67.6 Å². The first-order valence-corrected chi connectivity index (χ1v) is 12.0. The van der Waals surface area contributed by atoms with E-state index in [0.29, 0.717) is 0 Å². The lowest BCUT2D eigenvalue weighted by molar-refractivity contribution is 0.209. The van der Waals surface area contributed by atoms with Crippen LogP contribution in [0, 0.1) is 0 Å². The van der Waals surface area contributed by atoms with Gasteiger partial charge in [0.1, 0.15) is 0 Å². The van der Waals surface area contributed by atoms with Gasteiger partial charge in [0.15, 0.2) is 0 Å². The fraction of sp³-hybridized carbons (Fsp3) is 0.667. The first-order valence-electron chi connectivity index (χ1n) is 8.49. The summed E-state index contributed by atoms with van der Waals surface area (Å²) in [5.74, 6) is 0. The highest BCUT2D eigenvalue weighted by molar-refractivity contribution is 6.88. The van der Waals surface area contributed by atoms with Crippen molar-refractivity contribution in [3.8, 4) is 0 Å². The van der Waals surface area contributed by atoms with Crippen molar-refractivity contribution in [3.05, 3.63) is 29.8 Å². The van der Waals surface area contributed by atoms with Gasteiger partial charge < -0.3 is 0 Å². The van der Waals surface area contributed by atoms with Crippen molar-refractivity contribution >= 4 is 13.3 Å². The van der Waals surface area contributed by atoms with Gasteiger partial charge >= 0.3 is 0 Å². The van der Waals surface area contributed by atoms with Crippen molar-refractivity contribution in [1.82, 2.24) is 9.80 Å². The van der Waals surface area contributed by atoms with E-state index >= 15 is 0 Å². The van der Waals surface area contributed by atoms with Crippen LogP contribution in [0.3, 0.4) is 0 Å². The number of rotatable bonds is 6. The molecule has 0 aliphatic carbocycles. The number of hydrogen-bond acceptors (Lipinski definition) is 2. The summed E-state index contributed by atoms with van der Waals surface area (Å²) in [5.41, 5.74) is 1.47. The molecule has 0 radical (unpaired) electrons. The molecule has 1 aliphatic heterocycles. The SMILES string of the molecule is CCN(CC)C1CCN(Cc2ccc([Si](C)(C)C)cc2)C1. The molecule has 1 aliphatic rings. The van der Waals surface area contributed by atoms with Crippen molar-refractivity contribution in [2.45, 2.75) is 52.5 Å². The predicted molar refractivity (Wildman–Crippen MR) is 96.0 cm³/mol. The first kappa shape index (κ1) is 16.7. The Balaban J connectivity index is 1.91. The molecule has 2 rings (SSSR count). The third-order valence-corrected chi connectivity index (χ3v) is 6.87. The Kier molecular flexibility index (Phi) is 5.64. The average molecular weight is 305 g/mol. The van der Waals surface area contributed by atoms with Crippen LogP contribution in [0.2, 0.25) is 19.6 Å². The van der Waals surface area contributed by atoms with Gasteiger partial charge in [0, 0.05) is 25.7 Å². The summed E-state index contributed by atoms with van der Waals surface area (Å²) in [6.07, 6.45) is 1.33. The maximum atomic E-state index is 2.62. The van der Waals surface area contributed by atoms with Crippen molar-refractivity contribution < 1.29 is 0 Å². The molecule has 1 atom stereocenters. The maximum Gasteiger partial charge on any atom is 0.0775 e. The zero-order chi connectivity index (χ0) is 15.5. The zero-order valence-electron chi connectivity index (χ0n) is 14.5. The van der Waals surface area contributed by atoms with Gasteiger partial charge in [0.25, 0.3) is 0 Å². The van der Waals surface area contributed by atoms with Crippen molar-refractivity contribution in [1.29, 1.82) is 0 Å². The molecule has 2 nitrogen and oxygen atoms in total. The third kappa shape index (κ3) is 4.41. The molecule has 1 aromatic carbocycles. The van der Waals surface area contributed by atoms with Crippen molar-refractivity contribution in [2.24, 2.45) is 0 Å². The second-order valence-corrected chi connectivity index (χ2v) is 12.4. The molecule has 0 amide bonds. The minimum Gasteiger partial charge on any atom is -0.300 e. The van der Waals surface area contributed by atoms with E-state index in [-0.39, 0.29) is 0 Å². The summed E-state index contributed by atoms with van der Waals surface area (Å²) in [5, 5.41) is 1.56. The molecule has 1 fully saturated rings. The van der Waals surface area contributed by atoms with Crippen LogP contribution >= 0.6 is 0 Å². The monoisotopic (exact) mass is 304 g/mol. The lowest BCUT2D eigenvalue weighted by atomic mass is 10.2. The molecule has 1 aromatic rings. The van der Waals surface area contributed by atoms with Gasteiger partial charge in [-0.05, 0) is 25.1 Å². The summed E-state index contributed by atoms with van der Waals surface area (Å²) >= 11 is 0. The molecule has 0 spiro atoms. The molecule has 3 heteroatoms. The maximum absolute atomic E-state index is 2.62. The van der Waals surface area contributed by atoms with Crippen LogP contribution in [0.25, 0.3) is 0 Å². The van der Waals surface area contributed by atoms with Crippen LogP contribution in [0.5, 0.6) is 0 Å². The largest absolute Gasteiger partial charge is 0.300 e. The Labute approximate surface area is 132 Å². The third-order valence-electron chi connectivity index (χ3n) is 4.80. The lowest BCUT2D eigenvalue weighted by Gasteiger charge is -2.26. The average Bonchev–Trinajstić information content (AvgIpc) is 2.88. The molecular weight excluding hydrogens is 272 g/mol. The van der Waals surface area contributed by atoms with Crippen molar-refractivity contribution in [3.63, 3.8) is 0 Å². The molecule has 1 unspecified atom stereocenters. The zero-order valence-corrected chi connectivity index (χ0v) is 15.5. The summed E-state index contributed by atoms with van der Waals surface area (Å²) in [7, 11) is -1.16. The molecular formula is C18H32N2Si. The normalized spacial score (nSPS) is 20.4. The van der Waals surface area contributed by atoms with Crippen LogP contribution in [0.1, 0.15) is 25.8 Å². The van der Waals surface area contributed by atoms with Gasteiger partial charge in [-0.2, -0.15) is 0 Å². The van der Waals surface area contributed by atoms with Gasteiger partial charge in [0.2, 0.25) is 0 Å². The standard InChI is InChI=1S/C18H32N2Si/c1-6-20(7-2)17-12-13-19(15-17)14-16-8-10-18(11-9-16)21(3,4)5/h8-11,17H,6-7,12-15H2,1-5H3. The summed E-state index contributed by atoms with van der Waals surface area (Å²) in [4.78, 5) is 5.22. The van der Waals surface area contributed by atoms with E-state index in [4.69, 9.17) is 0 Å². The van der Waals surface area contributed by atoms with Crippen LogP contribution in [0.15, 0.2) is 24.3 Å². The summed E-state index contributed by atoms with van der Waals surface area (Å²) in [6.45, 7) is 17.8. The van der Waals surface area contributed by atoms with Crippen LogP contribution < -0.4 is 5.19 Å². The summed E-state index contributed by atoms with van der Waals surface area (Å²) in [6, 6.07) is 10.2. The predicted octanol–water partition coefficient (Wildman–Crippen LogP) is 3.15. The highest BCUT2D eigenvalue weighted by Gasteiger charge is 2.26. The molecule has 21 heavy (non-hydrogen) atoms. The van der Waals surface area contributed by atoms with Gasteiger partial charge in [-0.3, -0.25) is 9.80 Å². The molecule has 0 saturated carbocycles. The van der Waals surface area contributed by atoms with E-state index in [9.17, 15) is 0 Å². The van der Waals surface area contributed by atoms with E-state index in [0.717, 1.165) is 12.6 Å². The molecule has 0 N–H and O–H groups in total. The Bertz CT molecular complexity index is 432. The first-order chi connectivity index (χ1) is 9.94. The van der Waals surface area contributed by atoms with Gasteiger partial charge in [-0.15, -0.1) is 0 Å². The number of likely N-dealkylation sites (N-methyl/N-ethyl adjacent to an activating group) is 1. The quantitative estimate of drug-likeness (QED) is 0.745. The minimum atomic E-state index is -1.16. The van der Waals surface area contributed by atoms with Gasteiger partial charge in [-0.25, -0.2) is 0 Å². The minimum absolute atomic E-state index is 0.765. The Morgan fingerprint density at radius 1 is 1.10 bits per heavy atom. The van der Waals surface area contributed by atoms with E-state index < -0.39 is 8.07 Å². The van der Waals surface area contributed by atoms with Gasteiger partial charge in [0.05, 0.1) is 8.07 Å². The Morgan fingerprint density at radius 3 is 2.24 bits per heavy atom. The highest BCUT2D eigenvalue weighted by Crippen LogP contribution is 2.18. The topological polar surface area (TPSA) is 6.48 Å². The fourth-order valence-corrected chi connectivity index (χ4v) is 4.53. The number of nitrogens with zero attached hydrogens (tertiary/aromatic N) is 2. The molecule has 0 aromatic heterocycles. The van der Waals surface area contributed by atoms with E-state index in [1.165, 1.54) is 38.2 Å². The second-order valence-electron chi connectivity index (χ2n) is 7.35. The Hall–Kier alpha value is -0.643. The number of benzene rings is 1. The van der Waals surface area contributed by atoms with Crippen LogP contribution in [0.4, 0.5) is 0 Å². The smallest absolute Gasteiger partial charge is 0.0775 e. The van der Waals surface area contributed by atoms with E-state index in [1.807, 2.05) is 0 Å². The van der Waals surface area contributed by atoms with Crippen LogP contribution in [-0.2, 0) is 6.54 Å². The second kappa shape index (κ2) is 7.08. The molecule has 1 saturated heterocycles. The number of likely N-dealkylation sites (tertiary alicyclic amines) is 1. The van der Waals surface area contributed by atoms with Gasteiger partial charge in [-0.1, -0.05) is 62.9 Å². The molecule has 1 heterocycles. The Morgan fingerprint density at radius 2 is 1.71 bits per heavy atom. The van der Waals surface area contributed by atoms with E-state index in [1.54, 1.807) is 5.19 Å². The molecule has 0 bridgehead atoms. The summed E-state index contributed by atoms with van der Waals surface area (Å²) < 4.78 is 0. The lowest BCUT2D eigenvalue weighted by Crippen LogP contribution is -2.37.